The summed E-state index contributed by atoms with van der Waals surface area (Å²) in [5, 5.41) is 0.00563. The van der Waals surface area contributed by atoms with Gasteiger partial charge in [-0.1, -0.05) is 22.9 Å². The molecule has 0 N–H and O–H groups in total. The highest BCUT2D eigenvalue weighted by Crippen LogP contribution is 2.34. The lowest BCUT2D eigenvalue weighted by atomic mass is 11.0. The molecule has 0 radical (unpaired) electrons. The summed E-state index contributed by atoms with van der Waals surface area (Å²) in [4.78, 5) is 3.59. The number of halogens is 2. The largest absolute Gasteiger partial charge is 0.473 e. The minimum absolute atomic E-state index is 0.160. The third-order valence-corrected chi connectivity index (χ3v) is 4.52. The Morgan fingerprint density at radius 3 is 2.42 bits per heavy atom. The van der Waals surface area contributed by atoms with Crippen LogP contribution < -0.4 is 4.74 Å². The van der Waals surface area contributed by atoms with Crippen molar-refractivity contribution in [2.24, 2.45) is 0 Å². The van der Waals surface area contributed by atoms with E-state index in [1.165, 1.54) is 7.11 Å². The smallest absolute Gasteiger partial charge is 0.275 e. The van der Waals surface area contributed by atoms with Gasteiger partial charge in [-0.25, -0.2) is 8.42 Å². The molecule has 0 unspecified atom stereocenters. The number of nitrogens with zero attached hydrogens (tertiary/aromatic N) is 1. The summed E-state index contributed by atoms with van der Waals surface area (Å²) >= 11 is 6.25. The van der Waals surface area contributed by atoms with Crippen molar-refractivity contribution in [2.45, 2.75) is 4.21 Å². The maximum Gasteiger partial charge on any atom is 0.275 e. The van der Waals surface area contributed by atoms with Crippen molar-refractivity contribution >= 4 is 42.7 Å². The Balaban J connectivity index is 3.27. The zero-order valence-corrected chi connectivity index (χ0v) is 8.89. The van der Waals surface area contributed by atoms with Gasteiger partial charge in [0.05, 0.1) is 7.11 Å². The lowest BCUT2D eigenvalue weighted by molar-refractivity contribution is 0.412. The maximum absolute atomic E-state index is 10.8. The fourth-order valence-corrected chi connectivity index (χ4v) is 3.04. The summed E-state index contributed by atoms with van der Waals surface area (Å²) in [7, 11) is 2.59. The van der Waals surface area contributed by atoms with Crippen molar-refractivity contribution in [1.29, 1.82) is 0 Å². The number of thiazole rings is 1. The van der Waals surface area contributed by atoms with Crippen LogP contribution in [0.15, 0.2) is 4.21 Å². The molecular weight excluding hydrogens is 245 g/mol. The molecule has 1 aromatic rings. The van der Waals surface area contributed by atoms with Gasteiger partial charge >= 0.3 is 0 Å². The Morgan fingerprint density at radius 1 is 1.58 bits per heavy atom. The van der Waals surface area contributed by atoms with E-state index in [1.54, 1.807) is 0 Å². The second kappa shape index (κ2) is 3.37. The van der Waals surface area contributed by atoms with Crippen LogP contribution in [0.25, 0.3) is 0 Å². The first-order valence-electron chi connectivity index (χ1n) is 2.60. The van der Waals surface area contributed by atoms with Crippen LogP contribution in [0.4, 0.5) is 0 Å². The zero-order valence-electron chi connectivity index (χ0n) is 5.74. The highest BCUT2D eigenvalue weighted by Gasteiger charge is 2.20. The van der Waals surface area contributed by atoms with Crippen LogP contribution in [-0.4, -0.2) is 20.5 Å². The first-order valence-corrected chi connectivity index (χ1v) is 6.10. The second-order valence-electron chi connectivity index (χ2n) is 1.70. The normalized spacial score (nSPS) is 11.6. The van der Waals surface area contributed by atoms with Crippen molar-refractivity contribution in [3.05, 3.63) is 5.15 Å². The summed E-state index contributed by atoms with van der Waals surface area (Å²) in [6, 6.07) is 0. The minimum atomic E-state index is -3.81. The van der Waals surface area contributed by atoms with E-state index in [9.17, 15) is 8.42 Å². The number of hydrogen-bond acceptors (Lipinski definition) is 5. The highest BCUT2D eigenvalue weighted by atomic mass is 35.7. The van der Waals surface area contributed by atoms with Crippen LogP contribution in [0.1, 0.15) is 0 Å². The highest BCUT2D eigenvalue weighted by molar-refractivity contribution is 8.15. The molecule has 1 aromatic heterocycles. The summed E-state index contributed by atoms with van der Waals surface area (Å²) in [6.45, 7) is 0. The van der Waals surface area contributed by atoms with Gasteiger partial charge in [-0.15, -0.1) is 0 Å². The van der Waals surface area contributed by atoms with E-state index in [2.05, 4.69) is 9.72 Å². The van der Waals surface area contributed by atoms with E-state index >= 15 is 0 Å². The molecule has 0 amide bonds. The molecule has 0 fully saturated rings. The second-order valence-corrected chi connectivity index (χ2v) is 5.78. The Hall–Kier alpha value is -0.0400. The maximum atomic E-state index is 10.8. The summed E-state index contributed by atoms with van der Waals surface area (Å²) < 4.78 is 26.0. The average molecular weight is 248 g/mol. The third-order valence-electron chi connectivity index (χ3n) is 0.934. The number of rotatable bonds is 2. The summed E-state index contributed by atoms with van der Waals surface area (Å²) in [5.74, 6) is 0. The van der Waals surface area contributed by atoms with Gasteiger partial charge in [0.2, 0.25) is 0 Å². The van der Waals surface area contributed by atoms with Crippen LogP contribution in [0, 0.1) is 0 Å². The predicted molar refractivity (Wildman–Crippen MR) is 46.7 cm³/mol. The van der Waals surface area contributed by atoms with Crippen LogP contribution in [0.2, 0.25) is 5.15 Å². The molecular formula is C4H3Cl2NO3S2. The standard InChI is InChI=1S/C4H3Cl2NO3S2/c1-10-4-7-2(5)3(11-4)12(6,8)9/h1H3. The lowest BCUT2D eigenvalue weighted by Crippen LogP contribution is -1.85. The molecule has 0 aliphatic heterocycles. The van der Waals surface area contributed by atoms with E-state index in [1.807, 2.05) is 0 Å². The number of methoxy groups -OCH3 is 1. The molecule has 8 heteroatoms. The molecule has 0 aliphatic rings. The van der Waals surface area contributed by atoms with Gasteiger partial charge in [0.1, 0.15) is 0 Å². The first-order chi connectivity index (χ1) is 5.45. The summed E-state index contributed by atoms with van der Waals surface area (Å²) in [5.41, 5.74) is 0. The molecule has 0 atom stereocenters. The van der Waals surface area contributed by atoms with Gasteiger partial charge in [0, 0.05) is 10.7 Å². The molecule has 1 rings (SSSR count). The molecule has 12 heavy (non-hydrogen) atoms. The lowest BCUT2D eigenvalue weighted by Gasteiger charge is -1.86. The molecule has 0 spiro atoms. The fourth-order valence-electron chi connectivity index (χ4n) is 0.508. The fraction of sp³-hybridized carbons (Fsp3) is 0.250. The van der Waals surface area contributed by atoms with E-state index in [4.69, 9.17) is 22.3 Å². The van der Waals surface area contributed by atoms with Gasteiger partial charge in [-0.3, -0.25) is 0 Å². The van der Waals surface area contributed by atoms with E-state index in [-0.39, 0.29) is 14.6 Å². The van der Waals surface area contributed by atoms with Crippen molar-refractivity contribution in [3.63, 3.8) is 0 Å². The molecule has 4 nitrogen and oxygen atoms in total. The Kier molecular flexibility index (Phi) is 2.82. The van der Waals surface area contributed by atoms with Crippen LogP contribution >= 0.6 is 33.6 Å². The van der Waals surface area contributed by atoms with Gasteiger partial charge < -0.3 is 4.74 Å². The minimum Gasteiger partial charge on any atom is -0.473 e. The Labute approximate surface area is 82.5 Å². The SMILES string of the molecule is COc1nc(Cl)c(S(=O)(=O)Cl)s1. The third kappa shape index (κ3) is 2.01. The number of hydrogen-bond donors (Lipinski definition) is 0. The molecule has 68 valence electrons. The van der Waals surface area contributed by atoms with Gasteiger partial charge in [-0.2, -0.15) is 4.98 Å². The molecule has 0 bridgehead atoms. The topological polar surface area (TPSA) is 56.3 Å². The molecule has 0 aromatic carbocycles. The Morgan fingerprint density at radius 2 is 2.17 bits per heavy atom. The molecule has 0 saturated carbocycles. The quantitative estimate of drug-likeness (QED) is 0.748. The first kappa shape index (κ1) is 10.0. The average Bonchev–Trinajstić information content (AvgIpc) is 2.29. The van der Waals surface area contributed by atoms with Crippen molar-refractivity contribution in [3.8, 4) is 5.19 Å². The number of ether oxygens (including phenoxy) is 1. The van der Waals surface area contributed by atoms with E-state index < -0.39 is 9.05 Å². The van der Waals surface area contributed by atoms with E-state index in [0.717, 1.165) is 11.3 Å². The van der Waals surface area contributed by atoms with Gasteiger partial charge in [-0.05, 0) is 0 Å². The van der Waals surface area contributed by atoms with Crippen molar-refractivity contribution < 1.29 is 13.2 Å². The summed E-state index contributed by atoms with van der Waals surface area (Å²) in [6.07, 6.45) is 0. The van der Waals surface area contributed by atoms with Crippen LogP contribution in [0.3, 0.4) is 0 Å². The number of aromatic nitrogens is 1. The van der Waals surface area contributed by atoms with Crippen LogP contribution in [-0.2, 0) is 9.05 Å². The zero-order chi connectivity index (χ0) is 9.35. The Bertz CT molecular complexity index is 385. The molecule has 1 heterocycles. The van der Waals surface area contributed by atoms with Crippen molar-refractivity contribution in [2.75, 3.05) is 7.11 Å². The van der Waals surface area contributed by atoms with Crippen molar-refractivity contribution in [1.82, 2.24) is 4.98 Å². The van der Waals surface area contributed by atoms with Gasteiger partial charge in [0.15, 0.2) is 9.36 Å². The monoisotopic (exact) mass is 247 g/mol. The van der Waals surface area contributed by atoms with E-state index in [0.29, 0.717) is 0 Å². The molecule has 0 saturated heterocycles. The van der Waals surface area contributed by atoms with Gasteiger partial charge in [0.25, 0.3) is 14.2 Å². The predicted octanol–water partition coefficient (Wildman–Crippen LogP) is 1.73. The molecule has 0 aliphatic carbocycles. The van der Waals surface area contributed by atoms with Crippen LogP contribution in [0.5, 0.6) is 5.19 Å².